The molecule has 7 aromatic carbocycles. The zero-order valence-corrected chi connectivity index (χ0v) is 25.4. The molecule has 3 aromatic heterocycles. The maximum absolute atomic E-state index is 9.33. The number of fused-ring (bicyclic) bond motifs is 6. The molecule has 0 aliphatic heterocycles. The molecule has 0 fully saturated rings. The van der Waals surface area contributed by atoms with Gasteiger partial charge in [-0.2, -0.15) is 9.97 Å². The number of para-hydroxylation sites is 4. The average Bonchev–Trinajstić information content (AvgIpc) is 3.92. The van der Waals surface area contributed by atoms with Crippen LogP contribution in [0.5, 0.6) is 0 Å². The van der Waals surface area contributed by atoms with E-state index in [9.17, 15) is 1.37 Å². The van der Waals surface area contributed by atoms with E-state index in [1.165, 1.54) is 0 Å². The molecular formula is C45H28N4O. The van der Waals surface area contributed by atoms with Gasteiger partial charge in [0.15, 0.2) is 11.6 Å². The lowest BCUT2D eigenvalue weighted by Crippen LogP contribution is -2.06. The Labute approximate surface area is 314 Å². The zero-order chi connectivity index (χ0) is 49.6. The third-order valence-electron chi connectivity index (χ3n) is 8.20. The summed E-state index contributed by atoms with van der Waals surface area (Å²) >= 11 is 0. The molecule has 0 aliphatic carbocycles. The topological polar surface area (TPSA) is 56.7 Å². The van der Waals surface area contributed by atoms with Crippen LogP contribution in [0.1, 0.15) is 26.0 Å². The molecule has 10 aromatic rings. The highest BCUT2D eigenvalue weighted by Gasteiger charge is 2.21. The van der Waals surface area contributed by atoms with E-state index in [4.69, 9.17) is 29.1 Å². The van der Waals surface area contributed by atoms with E-state index in [2.05, 4.69) is 15.0 Å². The Balaban J connectivity index is 1.38. The van der Waals surface area contributed by atoms with Crippen LogP contribution in [0.2, 0.25) is 0 Å². The van der Waals surface area contributed by atoms with Crippen LogP contribution in [0.3, 0.4) is 0 Å². The highest BCUT2D eigenvalue weighted by atomic mass is 16.3. The van der Waals surface area contributed by atoms with Gasteiger partial charge in [0.1, 0.15) is 11.2 Å². The van der Waals surface area contributed by atoms with E-state index in [0.29, 0.717) is 5.56 Å². The number of aromatic nitrogens is 4. The lowest BCUT2D eigenvalue weighted by atomic mass is 9.99. The number of furan rings is 1. The van der Waals surface area contributed by atoms with Gasteiger partial charge in [0, 0.05) is 32.7 Å². The van der Waals surface area contributed by atoms with Crippen molar-refractivity contribution < 1.29 is 30.5 Å². The van der Waals surface area contributed by atoms with E-state index in [0.717, 1.165) is 15.7 Å². The predicted octanol–water partition coefficient (Wildman–Crippen LogP) is 11.5. The predicted molar refractivity (Wildman–Crippen MR) is 203 cm³/mol. The number of benzene rings is 7. The van der Waals surface area contributed by atoms with Gasteiger partial charge in [0.2, 0.25) is 5.95 Å². The Morgan fingerprint density at radius 1 is 0.420 bits per heavy atom. The molecule has 5 nitrogen and oxygen atoms in total. The second-order valence-corrected chi connectivity index (χ2v) is 11.0. The monoisotopic (exact) mass is 659 g/mol. The lowest BCUT2D eigenvalue weighted by Gasteiger charge is -2.11. The van der Waals surface area contributed by atoms with E-state index in [-0.39, 0.29) is 32.7 Å². The first-order chi connectivity index (χ1) is 32.7. The van der Waals surface area contributed by atoms with Crippen molar-refractivity contribution >= 4 is 43.7 Å². The minimum Gasteiger partial charge on any atom is -0.455 e. The van der Waals surface area contributed by atoms with E-state index in [1.807, 2.05) is 30.3 Å². The molecule has 0 unspecified atom stereocenters. The first-order valence-corrected chi connectivity index (χ1v) is 15.2. The Hall–Kier alpha value is -6.85. The van der Waals surface area contributed by atoms with E-state index >= 15 is 0 Å². The highest BCUT2D eigenvalue weighted by molar-refractivity contribution is 6.13. The molecule has 50 heavy (non-hydrogen) atoms. The van der Waals surface area contributed by atoms with Crippen molar-refractivity contribution in [3.63, 3.8) is 0 Å². The molecule has 5 heteroatoms. The first kappa shape index (κ1) is 15.1. The van der Waals surface area contributed by atoms with Gasteiger partial charge in [0.25, 0.3) is 0 Å². The maximum atomic E-state index is 9.33. The van der Waals surface area contributed by atoms with Crippen molar-refractivity contribution in [2.45, 2.75) is 0 Å². The first-order valence-electron chi connectivity index (χ1n) is 24.7. The van der Waals surface area contributed by atoms with Gasteiger partial charge in [-0.1, -0.05) is 151 Å². The Bertz CT molecular complexity index is 3840. The number of hydrogen-bond acceptors (Lipinski definition) is 4. The fraction of sp³-hybridized carbons (Fsp3) is 0. The summed E-state index contributed by atoms with van der Waals surface area (Å²) in [6, 6.07) is 2.69. The SMILES string of the molecule is [2H]c1c([2H])c([2H])c(-c2nc(-c3c([2H])c([2H])c([2H])c4c3oc3c(-c5ccc(-c6ccccc6)cc5)c([2H])c([2H])c([2H])c34)nc(-n3c4c([2H])c([2H])c([2H])c([2H])c4c4c([2H])c([2H])c([2H])c([2H])c43)n2)c([2H])c1[2H]. The third kappa shape index (κ3) is 4.52. The van der Waals surface area contributed by atoms with Crippen LogP contribution in [0.15, 0.2) is 174 Å². The van der Waals surface area contributed by atoms with Crippen molar-refractivity contribution in [2.24, 2.45) is 0 Å². The molecule has 10 rings (SSSR count). The van der Waals surface area contributed by atoms with Crippen LogP contribution in [-0.2, 0) is 0 Å². The Morgan fingerprint density at radius 3 is 1.66 bits per heavy atom. The lowest BCUT2D eigenvalue weighted by molar-refractivity contribution is 0.670. The van der Waals surface area contributed by atoms with Crippen LogP contribution in [0, 0.1) is 0 Å². The number of hydrogen-bond donors (Lipinski definition) is 0. The molecule has 0 amide bonds. The van der Waals surface area contributed by atoms with Crippen LogP contribution in [0.4, 0.5) is 0 Å². The summed E-state index contributed by atoms with van der Waals surface area (Å²) in [4.78, 5) is 13.6. The molecule has 0 saturated heterocycles. The molecule has 3 heterocycles. The number of nitrogens with zero attached hydrogens (tertiary/aromatic N) is 4. The third-order valence-corrected chi connectivity index (χ3v) is 8.20. The quantitative estimate of drug-likeness (QED) is 0.184. The Morgan fingerprint density at radius 2 is 0.960 bits per heavy atom. The summed E-state index contributed by atoms with van der Waals surface area (Å²) in [5, 5.41) is -1.19. The smallest absolute Gasteiger partial charge is 0.238 e. The molecule has 0 spiro atoms. The molecular weight excluding hydrogens is 613 g/mol. The second kappa shape index (κ2) is 11.4. The summed E-state index contributed by atoms with van der Waals surface area (Å²) in [7, 11) is 0. The summed E-state index contributed by atoms with van der Waals surface area (Å²) in [5.41, 5.74) is -0.523. The van der Waals surface area contributed by atoms with Crippen LogP contribution in [0.25, 0.3) is 94.7 Å². The molecule has 0 saturated carbocycles. The minimum absolute atomic E-state index is 0.0231. The van der Waals surface area contributed by atoms with E-state index < -0.39 is 160 Å². The van der Waals surface area contributed by atoms with Crippen molar-refractivity contribution in [3.05, 3.63) is 169 Å². The highest BCUT2D eigenvalue weighted by Crippen LogP contribution is 2.40. The van der Waals surface area contributed by atoms with Crippen molar-refractivity contribution in [2.75, 3.05) is 0 Å². The summed E-state index contributed by atoms with van der Waals surface area (Å²) in [6.45, 7) is 0. The summed E-state index contributed by atoms with van der Waals surface area (Å²) in [6.07, 6.45) is 0. The maximum Gasteiger partial charge on any atom is 0.238 e. The normalized spacial score (nSPS) is 16.9. The van der Waals surface area contributed by atoms with Crippen molar-refractivity contribution in [1.29, 1.82) is 0 Å². The molecule has 0 aliphatic rings. The van der Waals surface area contributed by atoms with Crippen molar-refractivity contribution in [3.8, 4) is 51.0 Å². The van der Waals surface area contributed by atoms with Gasteiger partial charge < -0.3 is 4.42 Å². The molecule has 234 valence electrons. The standard InChI is InChI=1S/C45H28N4O/c1-3-13-29(14-4-1)30-25-27-31(28-26-30)33-19-11-20-36-37-21-12-22-38(42(37)50-41(33)36)44-46-43(32-15-5-2-6-16-32)47-45(48-44)49-39-23-9-7-17-34(39)35-18-8-10-24-40(35)49/h1-28H/i2D,5D,6D,7D,8D,9D,10D,11D,12D,15D,16D,17D,18D,19D,20D,21D,22D,23D,24D. The summed E-state index contributed by atoms with van der Waals surface area (Å²) < 4.78 is 175. The van der Waals surface area contributed by atoms with Crippen LogP contribution in [-0.4, -0.2) is 19.5 Å². The molecule has 0 radical (unpaired) electrons. The minimum atomic E-state index is -0.814. The molecule has 0 atom stereocenters. The van der Waals surface area contributed by atoms with Gasteiger partial charge in [-0.25, -0.2) is 4.98 Å². The van der Waals surface area contributed by atoms with E-state index in [1.54, 1.807) is 24.3 Å². The fourth-order valence-electron chi connectivity index (χ4n) is 5.94. The Kier molecular flexibility index (Phi) is 3.45. The second-order valence-electron chi connectivity index (χ2n) is 11.0. The van der Waals surface area contributed by atoms with Crippen LogP contribution >= 0.6 is 0 Å². The van der Waals surface area contributed by atoms with Crippen molar-refractivity contribution in [1.82, 2.24) is 19.5 Å². The summed E-state index contributed by atoms with van der Waals surface area (Å²) in [5.74, 6) is -2.06. The molecule has 0 N–H and O–H groups in total. The van der Waals surface area contributed by atoms with Gasteiger partial charge in [0.05, 0.1) is 42.6 Å². The average molecular weight is 660 g/mol. The van der Waals surface area contributed by atoms with Gasteiger partial charge >= 0.3 is 0 Å². The van der Waals surface area contributed by atoms with Gasteiger partial charge in [-0.3, -0.25) is 4.57 Å². The molecule has 0 bridgehead atoms. The largest absolute Gasteiger partial charge is 0.455 e. The van der Waals surface area contributed by atoms with Crippen LogP contribution < -0.4 is 0 Å². The zero-order valence-electron chi connectivity index (χ0n) is 44.4. The van der Waals surface area contributed by atoms with Gasteiger partial charge in [-0.15, -0.1) is 0 Å². The number of rotatable bonds is 5. The fourth-order valence-corrected chi connectivity index (χ4v) is 5.94. The van der Waals surface area contributed by atoms with Gasteiger partial charge in [-0.05, 0) is 34.8 Å².